The molecule has 1 amide bonds. The normalized spacial score (nSPS) is 16.4. The van der Waals surface area contributed by atoms with Crippen molar-refractivity contribution >= 4 is 23.2 Å². The van der Waals surface area contributed by atoms with Crippen molar-refractivity contribution in [3.63, 3.8) is 0 Å². The van der Waals surface area contributed by atoms with Crippen LogP contribution in [0.5, 0.6) is 11.5 Å². The van der Waals surface area contributed by atoms with Crippen LogP contribution in [0.1, 0.15) is 54.6 Å². The van der Waals surface area contributed by atoms with E-state index in [4.69, 9.17) is 21.1 Å². The van der Waals surface area contributed by atoms with Crippen LogP contribution < -0.4 is 14.4 Å². The number of aliphatic hydroxyl groups is 1. The lowest BCUT2D eigenvalue weighted by Crippen LogP contribution is -2.41. The summed E-state index contributed by atoms with van der Waals surface area (Å²) in [5, 5.41) is 11.8. The molecule has 0 aliphatic carbocycles. The zero-order chi connectivity index (χ0) is 29.5. The molecule has 1 aliphatic rings. The second-order valence-electron chi connectivity index (χ2n) is 10.5. The van der Waals surface area contributed by atoms with Crippen molar-refractivity contribution in [1.29, 1.82) is 0 Å². The first-order valence-electron chi connectivity index (χ1n) is 13.2. The standard InChI is InChI=1S/C33H30ClF2NO4/c1-19(2)41-30-18-26-21(15-29(30)40-4)16-31(38)37(32(26)20-5-10-24(34)11-6-20)25-12-7-22(8-13-25)33(3,39)23-9-14-27(35)28(36)17-23/h5-15,17-19,32,39H,16H2,1-4H3/t32-,33?/m0/s1. The number of methoxy groups -OCH3 is 1. The van der Waals surface area contributed by atoms with E-state index >= 15 is 0 Å². The molecule has 1 aliphatic heterocycles. The predicted octanol–water partition coefficient (Wildman–Crippen LogP) is 7.35. The fraction of sp³-hybridized carbons (Fsp3) is 0.242. The molecule has 0 saturated carbocycles. The summed E-state index contributed by atoms with van der Waals surface area (Å²) in [4.78, 5) is 15.5. The van der Waals surface area contributed by atoms with Crippen LogP contribution in [0, 0.1) is 11.6 Å². The first-order chi connectivity index (χ1) is 19.5. The lowest BCUT2D eigenvalue weighted by atomic mass is 9.86. The van der Waals surface area contributed by atoms with Crippen molar-refractivity contribution in [2.45, 2.75) is 44.9 Å². The highest BCUT2D eigenvalue weighted by Crippen LogP contribution is 2.44. The van der Waals surface area contributed by atoms with Gasteiger partial charge in [-0.3, -0.25) is 4.79 Å². The summed E-state index contributed by atoms with van der Waals surface area (Å²) < 4.78 is 39.1. The molecule has 0 saturated heterocycles. The first kappa shape index (κ1) is 28.6. The SMILES string of the molecule is COc1cc2c(cc1OC(C)C)[C@H](c1ccc(Cl)cc1)N(c1ccc(C(C)(O)c3ccc(F)c(F)c3)cc1)C(=O)C2. The van der Waals surface area contributed by atoms with E-state index in [1.165, 1.54) is 13.0 Å². The Morgan fingerprint density at radius 1 is 0.927 bits per heavy atom. The zero-order valence-corrected chi connectivity index (χ0v) is 23.9. The molecular weight excluding hydrogens is 548 g/mol. The van der Waals surface area contributed by atoms with Crippen molar-refractivity contribution in [3.8, 4) is 11.5 Å². The second kappa shape index (κ2) is 11.1. The smallest absolute Gasteiger partial charge is 0.232 e. The molecular formula is C33H30ClF2NO4. The quantitative estimate of drug-likeness (QED) is 0.249. The minimum atomic E-state index is -1.60. The average Bonchev–Trinajstić information content (AvgIpc) is 2.94. The molecule has 1 N–H and O–H groups in total. The maximum absolute atomic E-state index is 13.9. The van der Waals surface area contributed by atoms with E-state index in [9.17, 15) is 18.7 Å². The van der Waals surface area contributed by atoms with E-state index in [1.807, 2.05) is 38.1 Å². The van der Waals surface area contributed by atoms with Crippen LogP contribution in [-0.4, -0.2) is 24.2 Å². The maximum Gasteiger partial charge on any atom is 0.232 e. The monoisotopic (exact) mass is 577 g/mol. The van der Waals surface area contributed by atoms with Gasteiger partial charge >= 0.3 is 0 Å². The van der Waals surface area contributed by atoms with Crippen LogP contribution in [0.25, 0.3) is 0 Å². The Balaban J connectivity index is 1.60. The van der Waals surface area contributed by atoms with Gasteiger partial charge in [-0.25, -0.2) is 8.78 Å². The molecule has 0 bridgehead atoms. The summed E-state index contributed by atoms with van der Waals surface area (Å²) >= 11 is 6.20. The summed E-state index contributed by atoms with van der Waals surface area (Å²) in [5.74, 6) is -1.03. The highest BCUT2D eigenvalue weighted by Gasteiger charge is 2.36. The van der Waals surface area contributed by atoms with Crippen LogP contribution in [0.15, 0.2) is 78.9 Å². The molecule has 0 spiro atoms. The van der Waals surface area contributed by atoms with Crippen molar-refractivity contribution in [3.05, 3.63) is 123 Å². The van der Waals surface area contributed by atoms with Crippen LogP contribution in [0.2, 0.25) is 5.02 Å². The Kier molecular flexibility index (Phi) is 7.77. The first-order valence-corrected chi connectivity index (χ1v) is 13.6. The zero-order valence-electron chi connectivity index (χ0n) is 23.1. The van der Waals surface area contributed by atoms with Gasteiger partial charge in [-0.15, -0.1) is 0 Å². The van der Waals surface area contributed by atoms with Gasteiger partial charge in [0.25, 0.3) is 0 Å². The number of benzene rings is 4. The molecule has 5 nitrogen and oxygen atoms in total. The van der Waals surface area contributed by atoms with Gasteiger partial charge in [0.15, 0.2) is 23.1 Å². The fourth-order valence-electron chi connectivity index (χ4n) is 5.24. The van der Waals surface area contributed by atoms with Gasteiger partial charge in [0, 0.05) is 10.7 Å². The van der Waals surface area contributed by atoms with E-state index in [0.29, 0.717) is 27.8 Å². The molecule has 4 aromatic rings. The van der Waals surface area contributed by atoms with Gasteiger partial charge in [-0.1, -0.05) is 41.9 Å². The predicted molar refractivity (Wildman–Crippen MR) is 155 cm³/mol. The molecule has 1 heterocycles. The van der Waals surface area contributed by atoms with E-state index in [2.05, 4.69) is 0 Å². The van der Waals surface area contributed by atoms with E-state index in [1.54, 1.807) is 48.4 Å². The molecule has 1 unspecified atom stereocenters. The third-order valence-corrected chi connectivity index (χ3v) is 7.58. The molecule has 2 atom stereocenters. The molecule has 8 heteroatoms. The van der Waals surface area contributed by atoms with Crippen LogP contribution in [-0.2, 0) is 16.8 Å². The number of rotatable bonds is 7. The largest absolute Gasteiger partial charge is 0.493 e. The van der Waals surface area contributed by atoms with Gasteiger partial charge in [0.2, 0.25) is 5.91 Å². The van der Waals surface area contributed by atoms with Gasteiger partial charge in [0.05, 0.1) is 25.7 Å². The number of anilines is 1. The number of halogens is 3. The highest BCUT2D eigenvalue weighted by molar-refractivity contribution is 6.30. The molecule has 41 heavy (non-hydrogen) atoms. The number of carbonyl (C=O) groups is 1. The number of amides is 1. The third-order valence-electron chi connectivity index (χ3n) is 7.33. The van der Waals surface area contributed by atoms with Crippen molar-refractivity contribution in [1.82, 2.24) is 0 Å². The van der Waals surface area contributed by atoms with Gasteiger partial charge in [-0.2, -0.15) is 0 Å². The Morgan fingerprint density at radius 3 is 2.20 bits per heavy atom. The molecule has 0 radical (unpaired) electrons. The Morgan fingerprint density at radius 2 is 1.59 bits per heavy atom. The van der Waals surface area contributed by atoms with Crippen LogP contribution in [0.3, 0.4) is 0 Å². The van der Waals surface area contributed by atoms with E-state index < -0.39 is 23.3 Å². The van der Waals surface area contributed by atoms with Crippen molar-refractivity contribution < 1.29 is 28.2 Å². The summed E-state index contributed by atoms with van der Waals surface area (Å²) in [6.07, 6.45) is 0.0543. The minimum absolute atomic E-state index is 0.0906. The number of hydrogen-bond acceptors (Lipinski definition) is 4. The van der Waals surface area contributed by atoms with Gasteiger partial charge in [-0.05, 0) is 97.1 Å². The van der Waals surface area contributed by atoms with Gasteiger partial charge in [0.1, 0.15) is 5.60 Å². The van der Waals surface area contributed by atoms with Crippen molar-refractivity contribution in [2.75, 3.05) is 12.0 Å². The summed E-state index contributed by atoms with van der Waals surface area (Å²) in [7, 11) is 1.57. The number of ether oxygens (including phenoxy) is 2. The maximum atomic E-state index is 13.9. The molecule has 4 aromatic carbocycles. The molecule has 0 aromatic heterocycles. The number of fused-ring (bicyclic) bond motifs is 1. The Hall–Kier alpha value is -3.94. The van der Waals surface area contributed by atoms with Crippen LogP contribution in [0.4, 0.5) is 14.5 Å². The molecule has 5 rings (SSSR count). The number of nitrogens with zero attached hydrogens (tertiary/aromatic N) is 1. The van der Waals surface area contributed by atoms with E-state index in [-0.39, 0.29) is 24.0 Å². The fourth-order valence-corrected chi connectivity index (χ4v) is 5.37. The topological polar surface area (TPSA) is 59.0 Å². The lowest BCUT2D eigenvalue weighted by molar-refractivity contribution is -0.118. The number of hydrogen-bond donors (Lipinski definition) is 1. The van der Waals surface area contributed by atoms with E-state index in [0.717, 1.165) is 28.8 Å². The average molecular weight is 578 g/mol. The Bertz CT molecular complexity index is 1590. The second-order valence-corrected chi connectivity index (χ2v) is 10.9. The van der Waals surface area contributed by atoms with Gasteiger partial charge < -0.3 is 19.5 Å². The third kappa shape index (κ3) is 5.52. The number of carbonyl (C=O) groups excluding carboxylic acids is 1. The van der Waals surface area contributed by atoms with Crippen molar-refractivity contribution in [2.24, 2.45) is 0 Å². The Labute approximate surface area is 242 Å². The highest BCUT2D eigenvalue weighted by atomic mass is 35.5. The minimum Gasteiger partial charge on any atom is -0.493 e. The summed E-state index contributed by atoms with van der Waals surface area (Å²) in [6, 6.07) is 20.8. The summed E-state index contributed by atoms with van der Waals surface area (Å²) in [6.45, 7) is 5.38. The molecule has 0 fully saturated rings. The molecule has 212 valence electrons. The lowest BCUT2D eigenvalue weighted by Gasteiger charge is -2.38. The van der Waals surface area contributed by atoms with Crippen LogP contribution >= 0.6 is 11.6 Å². The summed E-state index contributed by atoms with van der Waals surface area (Å²) in [5.41, 5.74) is 2.24.